The van der Waals surface area contributed by atoms with Crippen LogP contribution in [-0.2, 0) is 0 Å². The van der Waals surface area contributed by atoms with Crippen molar-refractivity contribution in [2.45, 2.75) is 19.3 Å². The largest absolute Gasteiger partial charge is 0.145 e. The van der Waals surface area contributed by atoms with E-state index in [1.807, 2.05) is 0 Å². The summed E-state index contributed by atoms with van der Waals surface area (Å²) in [6, 6.07) is 0. The van der Waals surface area contributed by atoms with Crippen molar-refractivity contribution in [3.63, 3.8) is 0 Å². The summed E-state index contributed by atoms with van der Waals surface area (Å²) >= 11 is 5.86. The first-order valence-corrected chi connectivity index (χ1v) is 3.93. The summed E-state index contributed by atoms with van der Waals surface area (Å²) in [4.78, 5) is 10.2. The molecule has 0 aromatic carbocycles. The fourth-order valence-corrected chi connectivity index (χ4v) is 2.37. The molecule has 2 atom stereocenters. The van der Waals surface area contributed by atoms with E-state index in [-0.39, 0.29) is 0 Å². The molecule has 2 nitrogen and oxygen atoms in total. The van der Waals surface area contributed by atoms with E-state index < -0.39 is 0 Å². The lowest BCUT2D eigenvalue weighted by Crippen LogP contribution is -1.96. The molecule has 0 amide bonds. The van der Waals surface area contributed by atoms with Crippen LogP contribution in [0.2, 0.25) is 0 Å². The Kier molecular flexibility index (Phi) is 1.31. The molecule has 54 valence electrons. The minimum Gasteiger partial charge on any atom is -0.145 e. The second kappa shape index (κ2) is 2.06. The maximum atomic E-state index is 10.2. The Balaban J connectivity index is 2.37. The van der Waals surface area contributed by atoms with Crippen LogP contribution in [0.25, 0.3) is 0 Å². The first kappa shape index (κ1) is 6.35. The van der Waals surface area contributed by atoms with Crippen molar-refractivity contribution in [1.29, 1.82) is 0 Å². The molecule has 1 fully saturated rings. The van der Waals surface area contributed by atoms with Gasteiger partial charge in [0.15, 0.2) is 0 Å². The lowest BCUT2D eigenvalue weighted by molar-refractivity contribution is 0.648. The smallest absolute Gasteiger partial charge is 0.103 e. The predicted octanol–water partition coefficient (Wildman–Crippen LogP) is 2.63. The van der Waals surface area contributed by atoms with Crippen LogP contribution in [0.1, 0.15) is 19.3 Å². The van der Waals surface area contributed by atoms with Crippen molar-refractivity contribution in [3.8, 4) is 0 Å². The van der Waals surface area contributed by atoms with Crippen molar-refractivity contribution in [3.05, 3.63) is 15.6 Å². The van der Waals surface area contributed by atoms with E-state index in [0.29, 0.717) is 17.5 Å². The molecule has 0 heterocycles. The molecule has 0 aliphatic heterocycles. The number of hydrogen-bond donors (Lipinski definition) is 0. The summed E-state index contributed by atoms with van der Waals surface area (Å²) in [6.07, 6.45) is 3.34. The average Bonchev–Trinajstić information content (AvgIpc) is 2.46. The second-order valence-corrected chi connectivity index (χ2v) is 3.44. The number of halogens is 1. The second-order valence-electron chi connectivity index (χ2n) is 3.03. The molecular formula is C7H8ClNO. The molecule has 0 aromatic rings. The lowest BCUT2D eigenvalue weighted by Gasteiger charge is -2.07. The summed E-state index contributed by atoms with van der Waals surface area (Å²) in [5.41, 5.74) is 0.637. The third kappa shape index (κ3) is 0.655. The lowest BCUT2D eigenvalue weighted by atomic mass is 10.1. The van der Waals surface area contributed by atoms with E-state index in [9.17, 15) is 4.91 Å². The molecule has 10 heavy (non-hydrogen) atoms. The predicted molar refractivity (Wildman–Crippen MR) is 39.5 cm³/mol. The highest BCUT2D eigenvalue weighted by Gasteiger charge is 2.39. The van der Waals surface area contributed by atoms with Crippen molar-refractivity contribution in [2.75, 3.05) is 0 Å². The van der Waals surface area contributed by atoms with Crippen LogP contribution in [0, 0.1) is 16.7 Å². The number of allylic oxidation sites excluding steroid dienone is 2. The van der Waals surface area contributed by atoms with Crippen LogP contribution in [0.3, 0.4) is 0 Å². The van der Waals surface area contributed by atoms with Crippen molar-refractivity contribution in [2.24, 2.45) is 17.0 Å². The molecule has 2 aliphatic carbocycles. The number of rotatable bonds is 1. The maximum Gasteiger partial charge on any atom is 0.103 e. The Morgan fingerprint density at radius 3 is 2.50 bits per heavy atom. The van der Waals surface area contributed by atoms with Crippen LogP contribution in [0.15, 0.2) is 15.9 Å². The molecule has 0 N–H and O–H groups in total. The zero-order chi connectivity index (χ0) is 7.14. The molecule has 0 radical (unpaired) electrons. The summed E-state index contributed by atoms with van der Waals surface area (Å²) < 4.78 is 0. The van der Waals surface area contributed by atoms with E-state index >= 15 is 0 Å². The zero-order valence-electron chi connectivity index (χ0n) is 5.51. The molecule has 2 bridgehead atoms. The highest BCUT2D eigenvalue weighted by molar-refractivity contribution is 6.30. The fourth-order valence-electron chi connectivity index (χ4n) is 1.98. The third-order valence-corrected chi connectivity index (χ3v) is 3.02. The molecule has 2 aliphatic rings. The van der Waals surface area contributed by atoms with Gasteiger partial charge in [-0.25, -0.2) is 0 Å². The number of nitrogens with zero attached hydrogens (tertiary/aromatic N) is 1. The normalized spacial score (nSPS) is 37.3. The number of fused-ring (bicyclic) bond motifs is 2. The Morgan fingerprint density at radius 2 is 2.10 bits per heavy atom. The van der Waals surface area contributed by atoms with Gasteiger partial charge in [0, 0.05) is 11.0 Å². The average molecular weight is 158 g/mol. The minimum absolute atomic E-state index is 0.398. The molecule has 2 rings (SSSR count). The topological polar surface area (TPSA) is 29.4 Å². The van der Waals surface area contributed by atoms with Gasteiger partial charge in [-0.1, -0.05) is 11.6 Å². The molecular weight excluding hydrogens is 150 g/mol. The van der Waals surface area contributed by atoms with Gasteiger partial charge in [0.2, 0.25) is 0 Å². The summed E-state index contributed by atoms with van der Waals surface area (Å²) in [5.74, 6) is 0.870. The van der Waals surface area contributed by atoms with Gasteiger partial charge in [0.05, 0.1) is 0 Å². The Labute approximate surface area is 64.2 Å². The summed E-state index contributed by atoms with van der Waals surface area (Å²) in [6.45, 7) is 0. The van der Waals surface area contributed by atoms with Crippen LogP contribution < -0.4 is 0 Å². The highest BCUT2D eigenvalue weighted by atomic mass is 35.5. The monoisotopic (exact) mass is 157 g/mol. The zero-order valence-corrected chi connectivity index (χ0v) is 6.27. The van der Waals surface area contributed by atoms with E-state index in [1.165, 1.54) is 0 Å². The Bertz CT molecular complexity index is 212. The van der Waals surface area contributed by atoms with Crippen LogP contribution in [-0.4, -0.2) is 0 Å². The van der Waals surface area contributed by atoms with E-state index in [2.05, 4.69) is 5.18 Å². The Hall–Kier alpha value is -0.370. The van der Waals surface area contributed by atoms with Crippen molar-refractivity contribution < 1.29 is 0 Å². The van der Waals surface area contributed by atoms with Gasteiger partial charge in [-0.2, -0.15) is 0 Å². The van der Waals surface area contributed by atoms with E-state index in [4.69, 9.17) is 11.6 Å². The number of hydrogen-bond acceptors (Lipinski definition) is 2. The fraction of sp³-hybridized carbons (Fsp3) is 0.714. The molecule has 0 spiro atoms. The van der Waals surface area contributed by atoms with Gasteiger partial charge in [-0.15, -0.1) is 4.91 Å². The first-order valence-electron chi connectivity index (χ1n) is 3.56. The van der Waals surface area contributed by atoms with Crippen LogP contribution in [0.4, 0.5) is 0 Å². The van der Waals surface area contributed by atoms with Gasteiger partial charge in [-0.05, 0) is 30.4 Å². The molecule has 3 heteroatoms. The van der Waals surface area contributed by atoms with Crippen molar-refractivity contribution >= 4 is 11.6 Å². The molecule has 0 saturated heterocycles. The highest BCUT2D eigenvalue weighted by Crippen LogP contribution is 2.50. The standard InChI is InChI=1S/C7H8ClNO/c8-6-4-1-2-5(3-4)7(6)9-10/h4-5H,1-3H2. The molecule has 1 saturated carbocycles. The number of nitroso groups, excluding NO2 is 1. The van der Waals surface area contributed by atoms with Gasteiger partial charge < -0.3 is 0 Å². The van der Waals surface area contributed by atoms with Crippen LogP contribution >= 0.6 is 11.6 Å². The third-order valence-electron chi connectivity index (χ3n) is 2.52. The maximum absolute atomic E-state index is 10.2. The first-order chi connectivity index (χ1) is 4.83. The van der Waals surface area contributed by atoms with Crippen LogP contribution in [0.5, 0.6) is 0 Å². The Morgan fingerprint density at radius 1 is 1.40 bits per heavy atom. The van der Waals surface area contributed by atoms with Gasteiger partial charge in [-0.3, -0.25) is 0 Å². The van der Waals surface area contributed by atoms with Gasteiger partial charge >= 0.3 is 0 Å². The van der Waals surface area contributed by atoms with Crippen molar-refractivity contribution in [1.82, 2.24) is 0 Å². The SMILES string of the molecule is O=NC1=C(Cl)C2CCC1C2. The van der Waals surface area contributed by atoms with Gasteiger partial charge in [0.1, 0.15) is 5.70 Å². The summed E-state index contributed by atoms with van der Waals surface area (Å²) in [5, 5.41) is 3.69. The molecule has 0 aromatic heterocycles. The minimum atomic E-state index is 0.398. The summed E-state index contributed by atoms with van der Waals surface area (Å²) in [7, 11) is 0. The quantitative estimate of drug-likeness (QED) is 0.538. The van der Waals surface area contributed by atoms with E-state index in [1.54, 1.807) is 0 Å². The molecule has 2 unspecified atom stereocenters. The van der Waals surface area contributed by atoms with Gasteiger partial charge in [0.25, 0.3) is 0 Å². The van der Waals surface area contributed by atoms with E-state index in [0.717, 1.165) is 24.3 Å².